The largest absolute Gasteiger partial charge is 0.368 e. The van der Waals surface area contributed by atoms with Gasteiger partial charge in [-0.3, -0.25) is 4.79 Å². The Morgan fingerprint density at radius 2 is 2.12 bits per heavy atom. The summed E-state index contributed by atoms with van der Waals surface area (Å²) in [7, 11) is 0. The average Bonchev–Trinajstić information content (AvgIpc) is 2.55. The fourth-order valence-electron chi connectivity index (χ4n) is 1.67. The second-order valence-electron chi connectivity index (χ2n) is 4.85. The first-order valence-electron chi connectivity index (χ1n) is 5.91. The molecule has 1 rings (SSSR count). The van der Waals surface area contributed by atoms with Gasteiger partial charge < -0.3 is 16.0 Å². The van der Waals surface area contributed by atoms with Crippen molar-refractivity contribution < 1.29 is 4.79 Å². The first-order valence-corrected chi connectivity index (χ1v) is 5.91. The summed E-state index contributed by atoms with van der Waals surface area (Å²) in [5.41, 5.74) is 12.4. The van der Waals surface area contributed by atoms with Crippen LogP contribution in [-0.2, 0) is 11.3 Å². The van der Waals surface area contributed by atoms with Crippen molar-refractivity contribution >= 4 is 5.91 Å². The number of nitrogens with two attached hydrogens (primary N) is 2. The monoisotopic (exact) mass is 238 g/mol. The van der Waals surface area contributed by atoms with E-state index in [1.807, 2.05) is 13.3 Å². The minimum atomic E-state index is -0.889. The summed E-state index contributed by atoms with van der Waals surface area (Å²) in [6, 6.07) is 0. The average molecular weight is 238 g/mol. The third-order valence-electron chi connectivity index (χ3n) is 3.25. The molecular weight excluding hydrogens is 216 g/mol. The number of hydrogen-bond donors (Lipinski definition) is 2. The van der Waals surface area contributed by atoms with Crippen LogP contribution in [-0.4, -0.2) is 21.0 Å². The smallest absolute Gasteiger partial charge is 0.237 e. The molecule has 0 saturated carbocycles. The first-order chi connectivity index (χ1) is 7.84. The van der Waals surface area contributed by atoms with E-state index < -0.39 is 11.4 Å². The molecule has 17 heavy (non-hydrogen) atoms. The molecule has 5 nitrogen and oxygen atoms in total. The van der Waals surface area contributed by atoms with Gasteiger partial charge in [0.1, 0.15) is 0 Å². The van der Waals surface area contributed by atoms with Gasteiger partial charge in [0.15, 0.2) is 0 Å². The number of aromatic nitrogens is 2. The SMILES string of the molecule is Cc1ncn(CCCCC(C)(N)C(N)=O)c1C. The molecule has 0 radical (unpaired) electrons. The Morgan fingerprint density at radius 1 is 1.47 bits per heavy atom. The molecule has 1 amide bonds. The molecule has 0 aliphatic rings. The maximum atomic E-state index is 11.0. The molecule has 1 atom stereocenters. The summed E-state index contributed by atoms with van der Waals surface area (Å²) in [4.78, 5) is 15.3. The highest BCUT2D eigenvalue weighted by Crippen LogP contribution is 2.12. The van der Waals surface area contributed by atoms with Crippen LogP contribution in [0.15, 0.2) is 6.33 Å². The normalized spacial score (nSPS) is 14.6. The van der Waals surface area contributed by atoms with Gasteiger partial charge in [-0.1, -0.05) is 0 Å². The Labute approximate surface area is 102 Å². The molecule has 4 N–H and O–H groups in total. The Bertz CT molecular complexity index is 395. The van der Waals surface area contributed by atoms with Crippen LogP contribution in [0.25, 0.3) is 0 Å². The number of carbonyl (C=O) groups is 1. The van der Waals surface area contributed by atoms with Crippen molar-refractivity contribution in [3.63, 3.8) is 0 Å². The quantitative estimate of drug-likeness (QED) is 0.721. The van der Waals surface area contributed by atoms with E-state index >= 15 is 0 Å². The van der Waals surface area contributed by atoms with Crippen LogP contribution in [0, 0.1) is 13.8 Å². The fraction of sp³-hybridized carbons (Fsp3) is 0.667. The van der Waals surface area contributed by atoms with E-state index in [2.05, 4.69) is 16.5 Å². The molecule has 0 fully saturated rings. The van der Waals surface area contributed by atoms with Crippen molar-refractivity contribution in [3.8, 4) is 0 Å². The Kier molecular flexibility index (Phi) is 4.28. The van der Waals surface area contributed by atoms with Crippen LogP contribution in [0.2, 0.25) is 0 Å². The van der Waals surface area contributed by atoms with Crippen LogP contribution >= 0.6 is 0 Å². The zero-order valence-corrected chi connectivity index (χ0v) is 10.9. The third-order valence-corrected chi connectivity index (χ3v) is 3.25. The zero-order chi connectivity index (χ0) is 13.1. The Balaban J connectivity index is 2.34. The lowest BCUT2D eigenvalue weighted by molar-refractivity contribution is -0.122. The predicted octanol–water partition coefficient (Wildman–Crippen LogP) is 0.873. The molecule has 1 aromatic heterocycles. The second-order valence-corrected chi connectivity index (χ2v) is 4.85. The van der Waals surface area contributed by atoms with E-state index in [9.17, 15) is 4.79 Å². The lowest BCUT2D eigenvalue weighted by atomic mass is 9.95. The Morgan fingerprint density at radius 3 is 2.59 bits per heavy atom. The van der Waals surface area contributed by atoms with E-state index in [1.54, 1.807) is 6.92 Å². The second kappa shape index (κ2) is 5.31. The summed E-state index contributed by atoms with van der Waals surface area (Å²) >= 11 is 0. The summed E-state index contributed by atoms with van der Waals surface area (Å²) in [5, 5.41) is 0. The molecule has 0 aliphatic carbocycles. The van der Waals surface area contributed by atoms with Crippen molar-refractivity contribution in [2.75, 3.05) is 0 Å². The molecule has 0 aliphatic heterocycles. The summed E-state index contributed by atoms with van der Waals surface area (Å²) in [5.74, 6) is -0.438. The molecule has 1 unspecified atom stereocenters. The van der Waals surface area contributed by atoms with Gasteiger partial charge in [-0.25, -0.2) is 4.98 Å². The third kappa shape index (κ3) is 3.56. The molecule has 0 saturated heterocycles. The molecule has 1 heterocycles. The topological polar surface area (TPSA) is 86.9 Å². The fourth-order valence-corrected chi connectivity index (χ4v) is 1.67. The number of rotatable bonds is 6. The van der Waals surface area contributed by atoms with Gasteiger partial charge in [-0.2, -0.15) is 0 Å². The van der Waals surface area contributed by atoms with Gasteiger partial charge in [0.05, 0.1) is 17.6 Å². The van der Waals surface area contributed by atoms with E-state index in [1.165, 1.54) is 5.69 Å². The number of amides is 1. The first kappa shape index (κ1) is 13.7. The number of hydrogen-bond acceptors (Lipinski definition) is 3. The summed E-state index contributed by atoms with van der Waals surface area (Å²) in [6.45, 7) is 6.64. The standard InChI is InChI=1S/C12H22N4O/c1-9-10(2)16(8-15-9)7-5-4-6-12(3,14)11(13)17/h8H,4-7,14H2,1-3H3,(H2,13,17). The minimum Gasteiger partial charge on any atom is -0.368 e. The molecule has 0 bridgehead atoms. The van der Waals surface area contributed by atoms with Crippen LogP contribution in [0.3, 0.4) is 0 Å². The van der Waals surface area contributed by atoms with Gasteiger partial charge in [-0.15, -0.1) is 0 Å². The van der Waals surface area contributed by atoms with Crippen molar-refractivity contribution in [1.29, 1.82) is 0 Å². The lowest BCUT2D eigenvalue weighted by Gasteiger charge is -2.20. The zero-order valence-electron chi connectivity index (χ0n) is 10.9. The predicted molar refractivity (Wildman–Crippen MR) is 67.3 cm³/mol. The van der Waals surface area contributed by atoms with Gasteiger partial charge in [0, 0.05) is 12.2 Å². The molecule has 0 aromatic carbocycles. The number of carbonyl (C=O) groups excluding carboxylic acids is 1. The highest BCUT2D eigenvalue weighted by Gasteiger charge is 2.24. The van der Waals surface area contributed by atoms with Crippen LogP contribution in [0.5, 0.6) is 0 Å². The lowest BCUT2D eigenvalue weighted by Crippen LogP contribution is -2.49. The number of nitrogens with zero attached hydrogens (tertiary/aromatic N) is 2. The van der Waals surface area contributed by atoms with Gasteiger partial charge in [-0.05, 0) is 40.0 Å². The molecular formula is C12H22N4O. The number of imidazole rings is 1. The number of unbranched alkanes of at least 4 members (excludes halogenated alkanes) is 1. The number of aryl methyl sites for hydroxylation is 2. The van der Waals surface area contributed by atoms with Crippen LogP contribution in [0.1, 0.15) is 37.6 Å². The van der Waals surface area contributed by atoms with Crippen molar-refractivity contribution in [3.05, 3.63) is 17.7 Å². The Hall–Kier alpha value is -1.36. The number of primary amides is 1. The van der Waals surface area contributed by atoms with Gasteiger partial charge in [0.25, 0.3) is 0 Å². The maximum Gasteiger partial charge on any atom is 0.237 e. The summed E-state index contributed by atoms with van der Waals surface area (Å²) in [6.07, 6.45) is 4.32. The highest BCUT2D eigenvalue weighted by molar-refractivity contribution is 5.83. The van der Waals surface area contributed by atoms with Crippen molar-refractivity contribution in [1.82, 2.24) is 9.55 Å². The van der Waals surface area contributed by atoms with E-state index in [4.69, 9.17) is 11.5 Å². The van der Waals surface area contributed by atoms with E-state index in [0.29, 0.717) is 6.42 Å². The summed E-state index contributed by atoms with van der Waals surface area (Å²) < 4.78 is 2.12. The van der Waals surface area contributed by atoms with Crippen molar-refractivity contribution in [2.24, 2.45) is 11.5 Å². The minimum absolute atomic E-state index is 0.438. The molecule has 0 spiro atoms. The maximum absolute atomic E-state index is 11.0. The molecule has 1 aromatic rings. The highest BCUT2D eigenvalue weighted by atomic mass is 16.1. The van der Waals surface area contributed by atoms with Crippen LogP contribution < -0.4 is 11.5 Å². The van der Waals surface area contributed by atoms with Crippen molar-refractivity contribution in [2.45, 2.75) is 52.1 Å². The van der Waals surface area contributed by atoms with E-state index in [-0.39, 0.29) is 0 Å². The van der Waals surface area contributed by atoms with E-state index in [0.717, 1.165) is 25.1 Å². The van der Waals surface area contributed by atoms with Gasteiger partial charge >= 0.3 is 0 Å². The van der Waals surface area contributed by atoms with Crippen LogP contribution in [0.4, 0.5) is 0 Å². The molecule has 5 heteroatoms. The molecule has 96 valence electrons. The van der Waals surface area contributed by atoms with Gasteiger partial charge in [0.2, 0.25) is 5.91 Å².